The number of carbonyl (C=O) groups excluding carboxylic acids is 1. The Bertz CT molecular complexity index is 743. The summed E-state index contributed by atoms with van der Waals surface area (Å²) < 4.78 is 0. The second-order valence-corrected chi connectivity index (χ2v) is 6.59. The number of hydrogen-bond donors (Lipinski definition) is 11. The maximum atomic E-state index is 10.3. The number of carboxylic acids is 3. The van der Waals surface area contributed by atoms with Gasteiger partial charge in [0.2, 0.25) is 5.91 Å². The quantitative estimate of drug-likeness (QED) is 0.0801. The van der Waals surface area contributed by atoms with Gasteiger partial charge in [-0.1, -0.05) is 0 Å². The number of carboxylic acid groups (broad SMARTS) is 3. The van der Waals surface area contributed by atoms with E-state index in [1.165, 1.54) is 6.33 Å². The lowest BCUT2D eigenvalue weighted by Gasteiger charge is -2.06. The van der Waals surface area contributed by atoms with Crippen molar-refractivity contribution in [2.75, 3.05) is 6.54 Å². The number of rotatable bonds is 12. The number of amides is 1. The molecule has 0 fully saturated rings. The van der Waals surface area contributed by atoms with E-state index in [2.05, 4.69) is 15.3 Å². The van der Waals surface area contributed by atoms with Gasteiger partial charge in [0.15, 0.2) is 5.96 Å². The van der Waals surface area contributed by atoms with Gasteiger partial charge in [-0.3, -0.25) is 24.6 Å². The lowest BCUT2D eigenvalue weighted by atomic mass is 10.2. The molecule has 33 heavy (non-hydrogen) atoms. The van der Waals surface area contributed by atoms with Gasteiger partial charge in [0, 0.05) is 25.6 Å². The highest BCUT2D eigenvalue weighted by Gasteiger charge is 2.13. The summed E-state index contributed by atoms with van der Waals surface area (Å²) in [7, 11) is 0. The zero-order chi connectivity index (χ0) is 26.0. The molecule has 0 aliphatic rings. The first kappa shape index (κ1) is 31.4. The Labute approximate surface area is 189 Å². The van der Waals surface area contributed by atoms with Gasteiger partial charge in [-0.2, -0.15) is 0 Å². The molecule has 16 heteroatoms. The van der Waals surface area contributed by atoms with E-state index in [0.717, 1.165) is 0 Å². The number of nitrogens with one attached hydrogen (secondary N) is 3. The summed E-state index contributed by atoms with van der Waals surface area (Å²) in [6.45, 7) is 0.482. The van der Waals surface area contributed by atoms with E-state index in [0.29, 0.717) is 25.1 Å². The molecule has 1 aromatic heterocycles. The second kappa shape index (κ2) is 17.9. The molecule has 0 aliphatic heterocycles. The third-order valence-electron chi connectivity index (χ3n) is 3.64. The molecule has 0 bridgehead atoms. The van der Waals surface area contributed by atoms with E-state index < -0.39 is 41.9 Å². The fourth-order valence-corrected chi connectivity index (χ4v) is 1.80. The van der Waals surface area contributed by atoms with Crippen LogP contribution in [-0.4, -0.2) is 79.7 Å². The van der Waals surface area contributed by atoms with Crippen LogP contribution in [0.3, 0.4) is 0 Å². The van der Waals surface area contributed by atoms with Gasteiger partial charge in [-0.15, -0.1) is 0 Å². The maximum absolute atomic E-state index is 10.3. The minimum Gasteiger partial charge on any atom is -0.480 e. The normalized spacial score (nSPS) is 12.5. The number of aliphatic carboxylic acids is 3. The number of aromatic nitrogens is 2. The molecule has 0 radical (unpaired) electrons. The molecule has 188 valence electrons. The molecular weight excluding hydrogens is 442 g/mol. The van der Waals surface area contributed by atoms with Crippen LogP contribution in [0, 0.1) is 5.41 Å². The number of nitrogens with two attached hydrogens (primary N) is 5. The zero-order valence-corrected chi connectivity index (χ0v) is 17.9. The van der Waals surface area contributed by atoms with Crippen molar-refractivity contribution >= 4 is 29.8 Å². The molecule has 1 rings (SSSR count). The molecule has 3 atom stereocenters. The maximum Gasteiger partial charge on any atom is 0.320 e. The number of primary amides is 1. The number of guanidine groups is 1. The fourth-order valence-electron chi connectivity index (χ4n) is 1.80. The van der Waals surface area contributed by atoms with Crippen molar-refractivity contribution in [1.82, 2.24) is 15.3 Å². The van der Waals surface area contributed by atoms with Crippen LogP contribution < -0.4 is 34.0 Å². The van der Waals surface area contributed by atoms with Crippen molar-refractivity contribution < 1.29 is 34.5 Å². The van der Waals surface area contributed by atoms with E-state index in [-0.39, 0.29) is 25.2 Å². The van der Waals surface area contributed by atoms with Crippen molar-refractivity contribution in [3.63, 3.8) is 0 Å². The van der Waals surface area contributed by atoms with Crippen LogP contribution in [0.1, 0.15) is 31.4 Å². The van der Waals surface area contributed by atoms with Gasteiger partial charge in [0.05, 0.1) is 12.0 Å². The number of nitrogens with zero attached hydrogens (tertiary/aromatic N) is 1. The summed E-state index contributed by atoms with van der Waals surface area (Å²) in [6, 6.07) is -2.66. The summed E-state index contributed by atoms with van der Waals surface area (Å²) in [5, 5.41) is 34.3. The Hall–Kier alpha value is -3.76. The topological polar surface area (TPSA) is 324 Å². The summed E-state index contributed by atoms with van der Waals surface area (Å²) in [5.41, 5.74) is 25.9. The molecule has 16 N–H and O–H groups in total. The summed E-state index contributed by atoms with van der Waals surface area (Å²) in [6.07, 6.45) is 4.48. The number of carbonyl (C=O) groups is 4. The molecule has 1 amide bonds. The Morgan fingerprint density at radius 1 is 0.970 bits per heavy atom. The lowest BCUT2D eigenvalue weighted by molar-refractivity contribution is -0.139. The number of imidazole rings is 1. The van der Waals surface area contributed by atoms with Crippen LogP contribution in [0.2, 0.25) is 0 Å². The van der Waals surface area contributed by atoms with Gasteiger partial charge < -0.3 is 54.3 Å². The first-order valence-corrected chi connectivity index (χ1v) is 9.56. The van der Waals surface area contributed by atoms with E-state index in [1.54, 1.807) is 6.20 Å². The molecule has 0 saturated heterocycles. The van der Waals surface area contributed by atoms with Crippen molar-refractivity contribution in [2.24, 2.45) is 28.7 Å². The van der Waals surface area contributed by atoms with Crippen LogP contribution in [0.4, 0.5) is 0 Å². The monoisotopic (exact) mass is 475 g/mol. The van der Waals surface area contributed by atoms with E-state index in [1.807, 2.05) is 0 Å². The van der Waals surface area contributed by atoms with Crippen LogP contribution in [-0.2, 0) is 25.6 Å². The predicted octanol–water partition coefficient (Wildman–Crippen LogP) is -3.31. The van der Waals surface area contributed by atoms with E-state index >= 15 is 0 Å². The largest absolute Gasteiger partial charge is 0.480 e. The van der Waals surface area contributed by atoms with Gasteiger partial charge in [0.25, 0.3) is 0 Å². The highest BCUT2D eigenvalue weighted by molar-refractivity contribution is 5.77. The number of aromatic amines is 1. The summed E-state index contributed by atoms with van der Waals surface area (Å²) in [4.78, 5) is 47.2. The average molecular weight is 476 g/mol. The average Bonchev–Trinajstić information content (AvgIpc) is 3.22. The van der Waals surface area contributed by atoms with Crippen molar-refractivity contribution in [1.29, 1.82) is 5.41 Å². The predicted molar refractivity (Wildman–Crippen MR) is 117 cm³/mol. The van der Waals surface area contributed by atoms with E-state index in [9.17, 15) is 19.2 Å². The van der Waals surface area contributed by atoms with Crippen LogP contribution in [0.25, 0.3) is 0 Å². The van der Waals surface area contributed by atoms with Crippen molar-refractivity contribution in [3.8, 4) is 0 Å². The number of H-pyrrole nitrogens is 1. The lowest BCUT2D eigenvalue weighted by Crippen LogP contribution is -2.34. The number of hydrogen-bond acceptors (Lipinski definition) is 9. The smallest absolute Gasteiger partial charge is 0.320 e. The molecular formula is C17H33N9O7. The van der Waals surface area contributed by atoms with Gasteiger partial charge in [0.1, 0.15) is 18.1 Å². The SMILES string of the molecule is N=C(N)NCCCC(N)C(=O)O.NC(=O)CCC(N)C(=O)O.NC(Cc1c[nH]cn1)C(=O)O. The molecule has 0 aromatic carbocycles. The van der Waals surface area contributed by atoms with Crippen LogP contribution in [0.5, 0.6) is 0 Å². The third kappa shape index (κ3) is 19.9. The second-order valence-electron chi connectivity index (χ2n) is 6.59. The molecule has 0 aliphatic carbocycles. The standard InChI is InChI=1S/C6H14N4O2.C6H9N3O2.C5H10N2O3/c7-4(5(11)12)2-1-3-10-6(8)9;7-5(6(10)11)1-4-2-8-3-9-4;6-3(5(9)10)1-2-4(7)8/h4H,1-3,7H2,(H,11,12)(H4,8,9,10);2-3,5H,1,7H2,(H,8,9)(H,10,11);3H,1-2,6H2,(H2,7,8)(H,9,10). The summed E-state index contributed by atoms with van der Waals surface area (Å²) in [5.74, 6) is -3.76. The molecule has 16 nitrogen and oxygen atoms in total. The van der Waals surface area contributed by atoms with Gasteiger partial charge >= 0.3 is 17.9 Å². The highest BCUT2D eigenvalue weighted by atomic mass is 16.4. The summed E-state index contributed by atoms with van der Waals surface area (Å²) >= 11 is 0. The zero-order valence-electron chi connectivity index (χ0n) is 17.9. The van der Waals surface area contributed by atoms with Crippen LogP contribution in [0.15, 0.2) is 12.5 Å². The first-order valence-electron chi connectivity index (χ1n) is 9.56. The minimum absolute atomic E-state index is 0.0213. The molecule has 1 heterocycles. The van der Waals surface area contributed by atoms with Gasteiger partial charge in [-0.25, -0.2) is 4.98 Å². The Morgan fingerprint density at radius 3 is 1.88 bits per heavy atom. The fraction of sp³-hybridized carbons (Fsp3) is 0.529. The molecule has 0 spiro atoms. The Balaban J connectivity index is 0. The molecule has 0 saturated carbocycles. The Kier molecular flexibility index (Phi) is 17.0. The third-order valence-corrected chi connectivity index (χ3v) is 3.64. The molecule has 1 aromatic rings. The van der Waals surface area contributed by atoms with Crippen molar-refractivity contribution in [2.45, 2.75) is 50.2 Å². The first-order chi connectivity index (χ1) is 15.3. The van der Waals surface area contributed by atoms with Crippen molar-refractivity contribution in [3.05, 3.63) is 18.2 Å². The highest BCUT2D eigenvalue weighted by Crippen LogP contribution is 1.95. The minimum atomic E-state index is -1.11. The molecule has 3 unspecified atom stereocenters. The van der Waals surface area contributed by atoms with Gasteiger partial charge in [-0.05, 0) is 19.3 Å². The van der Waals surface area contributed by atoms with E-state index in [4.69, 9.17) is 49.4 Å². The van der Waals surface area contributed by atoms with Crippen LogP contribution >= 0.6 is 0 Å². The Morgan fingerprint density at radius 2 is 1.48 bits per heavy atom.